The van der Waals surface area contributed by atoms with Gasteiger partial charge in [0.2, 0.25) is 11.8 Å². The van der Waals surface area contributed by atoms with Crippen LogP contribution in [0.25, 0.3) is 0 Å². The maximum Gasteiger partial charge on any atom is 0.239 e. The van der Waals surface area contributed by atoms with E-state index in [-0.39, 0.29) is 18.4 Å². The van der Waals surface area contributed by atoms with Crippen LogP contribution in [0.4, 0.5) is 0 Å². The molecule has 0 aliphatic heterocycles. The Labute approximate surface area is 187 Å². The molecule has 0 aromatic carbocycles. The fourth-order valence-electron chi connectivity index (χ4n) is 3.77. The Hall–Kier alpha value is -1.06. The van der Waals surface area contributed by atoms with Gasteiger partial charge in [0.1, 0.15) is 0 Å². The zero-order valence-electron chi connectivity index (χ0n) is 20.4. The molecule has 30 heavy (non-hydrogen) atoms. The zero-order valence-corrected chi connectivity index (χ0v) is 20.4. The van der Waals surface area contributed by atoms with E-state index in [4.69, 9.17) is 0 Å². The Morgan fingerprint density at radius 3 is 1.33 bits per heavy atom. The van der Waals surface area contributed by atoms with Crippen molar-refractivity contribution < 1.29 is 9.59 Å². The zero-order chi connectivity index (χ0) is 22.1. The van der Waals surface area contributed by atoms with Crippen LogP contribution in [0.2, 0.25) is 0 Å². The van der Waals surface area contributed by atoms with E-state index in [0.717, 1.165) is 32.2 Å². The van der Waals surface area contributed by atoms with E-state index in [9.17, 15) is 9.59 Å². The molecule has 0 unspecified atom stereocenters. The van der Waals surface area contributed by atoms with Gasteiger partial charge in [0.25, 0.3) is 0 Å². The lowest BCUT2D eigenvalue weighted by Crippen LogP contribution is -2.37. The van der Waals surface area contributed by atoms with E-state index in [2.05, 4.69) is 24.5 Å². The van der Waals surface area contributed by atoms with Crippen LogP contribution in [0.1, 0.15) is 142 Å². The molecular weight excluding hydrogens is 372 g/mol. The van der Waals surface area contributed by atoms with Crippen LogP contribution in [0, 0.1) is 0 Å². The van der Waals surface area contributed by atoms with Gasteiger partial charge < -0.3 is 10.6 Å². The monoisotopic (exact) mass is 424 g/mol. The first kappa shape index (κ1) is 28.9. The van der Waals surface area contributed by atoms with Crippen LogP contribution in [0.3, 0.4) is 0 Å². The molecule has 0 fully saturated rings. The van der Waals surface area contributed by atoms with Crippen molar-refractivity contribution in [2.75, 3.05) is 13.1 Å². The summed E-state index contributed by atoms with van der Waals surface area (Å²) in [7, 11) is 0. The van der Waals surface area contributed by atoms with Crippen molar-refractivity contribution >= 4 is 11.8 Å². The van der Waals surface area contributed by atoms with Gasteiger partial charge >= 0.3 is 0 Å². The van der Waals surface area contributed by atoms with Gasteiger partial charge in [0.15, 0.2) is 0 Å². The molecule has 2 amide bonds. The number of hydrogen-bond donors (Lipinski definition) is 2. The summed E-state index contributed by atoms with van der Waals surface area (Å²) in [5, 5.41) is 5.60. The number of rotatable bonds is 23. The standard InChI is InChI=1S/C26H52N2O2/c1-3-5-7-8-9-10-11-12-13-14-15-16-17-18-19-21-23-27-26(30)24-28-25(29)22-20-6-4-2/h3-24H2,1-2H3,(H,27,30)(H,28,29). The average Bonchev–Trinajstić information content (AvgIpc) is 2.74. The predicted molar refractivity (Wildman–Crippen MR) is 130 cm³/mol. The van der Waals surface area contributed by atoms with Gasteiger partial charge in [-0.1, -0.05) is 123 Å². The van der Waals surface area contributed by atoms with Crippen molar-refractivity contribution in [3.63, 3.8) is 0 Å². The van der Waals surface area contributed by atoms with Crippen LogP contribution in [-0.4, -0.2) is 24.9 Å². The van der Waals surface area contributed by atoms with E-state index in [1.165, 1.54) is 96.3 Å². The Balaban J connectivity index is 3.20. The highest BCUT2D eigenvalue weighted by molar-refractivity contribution is 5.84. The minimum absolute atomic E-state index is 0.0130. The molecule has 0 aliphatic rings. The van der Waals surface area contributed by atoms with Crippen molar-refractivity contribution in [2.45, 2.75) is 142 Å². The molecule has 0 aromatic rings. The summed E-state index contributed by atoms with van der Waals surface area (Å²) in [4.78, 5) is 23.3. The van der Waals surface area contributed by atoms with Crippen LogP contribution in [0.15, 0.2) is 0 Å². The van der Waals surface area contributed by atoms with E-state index in [1.807, 2.05) is 0 Å². The summed E-state index contributed by atoms with van der Waals surface area (Å²) in [5.41, 5.74) is 0. The molecule has 0 heterocycles. The SMILES string of the molecule is CCCCCCCCCCCCCCCCCCNC(=O)CNC(=O)CCCCC. The van der Waals surface area contributed by atoms with E-state index >= 15 is 0 Å². The normalized spacial score (nSPS) is 10.9. The van der Waals surface area contributed by atoms with Gasteiger partial charge in [-0.05, 0) is 12.8 Å². The molecule has 0 saturated carbocycles. The molecule has 0 atom stereocenters. The number of amides is 2. The first-order valence-electron chi connectivity index (χ1n) is 13.2. The summed E-state index contributed by atoms with van der Waals surface area (Å²) < 4.78 is 0. The summed E-state index contributed by atoms with van der Waals surface area (Å²) in [6.45, 7) is 5.23. The first-order valence-corrected chi connectivity index (χ1v) is 13.2. The minimum Gasteiger partial charge on any atom is -0.355 e. The van der Waals surface area contributed by atoms with Crippen molar-refractivity contribution in [2.24, 2.45) is 0 Å². The van der Waals surface area contributed by atoms with Crippen LogP contribution >= 0.6 is 0 Å². The van der Waals surface area contributed by atoms with Crippen LogP contribution < -0.4 is 10.6 Å². The van der Waals surface area contributed by atoms with E-state index in [1.54, 1.807) is 0 Å². The van der Waals surface area contributed by atoms with Crippen LogP contribution in [0.5, 0.6) is 0 Å². The highest BCUT2D eigenvalue weighted by atomic mass is 16.2. The fourth-order valence-corrected chi connectivity index (χ4v) is 3.77. The lowest BCUT2D eigenvalue weighted by molar-refractivity contribution is -0.126. The fraction of sp³-hybridized carbons (Fsp3) is 0.923. The highest BCUT2D eigenvalue weighted by Crippen LogP contribution is 2.13. The molecular formula is C26H52N2O2. The van der Waals surface area contributed by atoms with Gasteiger partial charge in [0.05, 0.1) is 6.54 Å². The Morgan fingerprint density at radius 2 is 0.867 bits per heavy atom. The number of hydrogen-bond acceptors (Lipinski definition) is 2. The van der Waals surface area contributed by atoms with E-state index < -0.39 is 0 Å². The maximum absolute atomic E-state index is 11.7. The molecule has 2 N–H and O–H groups in total. The number of unbranched alkanes of at least 4 members (excludes halogenated alkanes) is 17. The van der Waals surface area contributed by atoms with Gasteiger partial charge in [-0.2, -0.15) is 0 Å². The van der Waals surface area contributed by atoms with Crippen molar-refractivity contribution in [1.82, 2.24) is 10.6 Å². The molecule has 0 saturated heterocycles. The van der Waals surface area contributed by atoms with Crippen molar-refractivity contribution in [3.05, 3.63) is 0 Å². The van der Waals surface area contributed by atoms with Crippen molar-refractivity contribution in [1.29, 1.82) is 0 Å². The summed E-state index contributed by atoms with van der Waals surface area (Å²) in [5.74, 6) is -0.0826. The third-order valence-electron chi connectivity index (χ3n) is 5.81. The van der Waals surface area contributed by atoms with E-state index in [0.29, 0.717) is 6.42 Å². The molecule has 0 radical (unpaired) electrons. The number of carbonyl (C=O) groups excluding carboxylic acids is 2. The number of carbonyl (C=O) groups is 2. The smallest absolute Gasteiger partial charge is 0.239 e. The molecule has 178 valence electrons. The summed E-state index contributed by atoms with van der Waals surface area (Å²) in [6.07, 6.45) is 25.3. The third-order valence-corrected chi connectivity index (χ3v) is 5.81. The molecule has 0 bridgehead atoms. The second kappa shape index (κ2) is 24.2. The Kier molecular flexibility index (Phi) is 23.4. The molecule has 4 heteroatoms. The quantitative estimate of drug-likeness (QED) is 0.172. The lowest BCUT2D eigenvalue weighted by atomic mass is 10.0. The lowest BCUT2D eigenvalue weighted by Gasteiger charge is -2.07. The number of nitrogens with one attached hydrogen (secondary N) is 2. The maximum atomic E-state index is 11.7. The van der Waals surface area contributed by atoms with Gasteiger partial charge in [-0.15, -0.1) is 0 Å². The van der Waals surface area contributed by atoms with Gasteiger partial charge in [-0.25, -0.2) is 0 Å². The van der Waals surface area contributed by atoms with Crippen LogP contribution in [-0.2, 0) is 9.59 Å². The van der Waals surface area contributed by atoms with Crippen molar-refractivity contribution in [3.8, 4) is 0 Å². The summed E-state index contributed by atoms with van der Waals surface area (Å²) >= 11 is 0. The largest absolute Gasteiger partial charge is 0.355 e. The Morgan fingerprint density at radius 1 is 0.467 bits per heavy atom. The minimum atomic E-state index is -0.0696. The predicted octanol–water partition coefficient (Wildman–Crippen LogP) is 7.06. The Bertz CT molecular complexity index is 385. The van der Waals surface area contributed by atoms with Gasteiger partial charge in [-0.3, -0.25) is 9.59 Å². The second-order valence-corrected chi connectivity index (χ2v) is 8.89. The molecule has 0 aliphatic carbocycles. The first-order chi connectivity index (χ1) is 14.7. The second-order valence-electron chi connectivity index (χ2n) is 8.89. The van der Waals surface area contributed by atoms with Gasteiger partial charge in [0, 0.05) is 13.0 Å². The molecule has 0 rings (SSSR count). The molecule has 0 spiro atoms. The topological polar surface area (TPSA) is 58.2 Å². The molecule has 4 nitrogen and oxygen atoms in total. The average molecular weight is 425 g/mol. The highest BCUT2D eigenvalue weighted by Gasteiger charge is 2.04. The third kappa shape index (κ3) is 23.2. The summed E-state index contributed by atoms with van der Waals surface area (Å²) in [6, 6.07) is 0. The molecule has 0 aromatic heterocycles.